The number of fused-ring (bicyclic) bond motifs is 1. The normalized spacial score (nSPS) is 15.8. The van der Waals surface area contributed by atoms with Crippen LogP contribution >= 0.6 is 0 Å². The van der Waals surface area contributed by atoms with Gasteiger partial charge in [-0.3, -0.25) is 9.59 Å². The molecule has 0 unspecified atom stereocenters. The highest BCUT2D eigenvalue weighted by Crippen LogP contribution is 2.11. The third-order valence-electron chi connectivity index (χ3n) is 2.06. The van der Waals surface area contributed by atoms with Crippen molar-refractivity contribution in [1.29, 1.82) is 0 Å². The highest BCUT2D eigenvalue weighted by molar-refractivity contribution is 5.82. The number of aromatic nitrogens is 2. The van der Waals surface area contributed by atoms with Gasteiger partial charge in [-0.2, -0.15) is 0 Å². The maximum Gasteiger partial charge on any atom is 0.254 e. The molecule has 1 aromatic rings. The van der Waals surface area contributed by atoms with Crippen LogP contribution in [-0.4, -0.2) is 15.8 Å². The zero-order valence-corrected chi connectivity index (χ0v) is 6.46. The Balaban J connectivity index is 2.56. The maximum absolute atomic E-state index is 11.2. The van der Waals surface area contributed by atoms with E-state index in [2.05, 4.69) is 9.97 Å². The molecule has 0 saturated carbocycles. The summed E-state index contributed by atoms with van der Waals surface area (Å²) in [5, 5.41) is 0. The van der Waals surface area contributed by atoms with Crippen LogP contribution in [0.2, 0.25) is 0 Å². The predicted octanol–water partition coefficient (Wildman–Crippen LogP) is -0.172. The third kappa shape index (κ3) is 1.05. The second kappa shape index (κ2) is 2.55. The molecule has 1 heterocycles. The van der Waals surface area contributed by atoms with Gasteiger partial charge in [-0.15, -0.1) is 0 Å². The Hall–Kier alpha value is -1.45. The summed E-state index contributed by atoms with van der Waals surface area (Å²) in [6.07, 6.45) is 2.68. The Bertz CT molecular complexity index is 381. The molecule has 0 fully saturated rings. The number of H-pyrrole nitrogens is 1. The van der Waals surface area contributed by atoms with Crippen molar-refractivity contribution in [2.24, 2.45) is 0 Å². The largest absolute Gasteiger partial charge is 0.313 e. The van der Waals surface area contributed by atoms with E-state index >= 15 is 0 Å². The molecule has 2 rings (SSSR count). The minimum atomic E-state index is -0.104. The van der Waals surface area contributed by atoms with Crippen LogP contribution in [0.4, 0.5) is 0 Å². The van der Waals surface area contributed by atoms with E-state index in [4.69, 9.17) is 0 Å². The molecule has 0 atom stereocenters. The quantitative estimate of drug-likeness (QED) is 0.579. The van der Waals surface area contributed by atoms with E-state index in [1.807, 2.05) is 0 Å². The number of nitrogens with zero attached hydrogens (tertiary/aromatic N) is 1. The number of Topliss-reactive ketones (excluding diaryl/α,β-unsaturated/α-hetero) is 1. The van der Waals surface area contributed by atoms with Crippen LogP contribution in [0.1, 0.15) is 17.7 Å². The molecule has 4 heteroatoms. The molecule has 0 aliphatic heterocycles. The van der Waals surface area contributed by atoms with Crippen LogP contribution < -0.4 is 5.56 Å². The average Bonchev–Trinajstić information content (AvgIpc) is 2.04. The molecule has 4 nitrogen and oxygen atoms in total. The first-order valence-electron chi connectivity index (χ1n) is 3.84. The fourth-order valence-electron chi connectivity index (χ4n) is 1.41. The number of hydrogen-bond donors (Lipinski definition) is 1. The van der Waals surface area contributed by atoms with Gasteiger partial charge in [0.05, 0.1) is 12.0 Å². The molecule has 0 aromatic carbocycles. The first kappa shape index (κ1) is 7.21. The van der Waals surface area contributed by atoms with Crippen LogP contribution in [0.5, 0.6) is 0 Å². The van der Waals surface area contributed by atoms with E-state index in [1.54, 1.807) is 0 Å². The summed E-state index contributed by atoms with van der Waals surface area (Å²) in [4.78, 5) is 28.6. The molecule has 0 radical (unpaired) electrons. The maximum atomic E-state index is 11.2. The lowest BCUT2D eigenvalue weighted by Crippen LogP contribution is -2.24. The molecular formula is C8H8N2O2. The number of hydrogen-bond acceptors (Lipinski definition) is 3. The van der Waals surface area contributed by atoms with Gasteiger partial charge in [-0.1, -0.05) is 0 Å². The lowest BCUT2D eigenvalue weighted by atomic mass is 9.96. The van der Waals surface area contributed by atoms with Crippen molar-refractivity contribution in [3.63, 3.8) is 0 Å². The van der Waals surface area contributed by atoms with Gasteiger partial charge >= 0.3 is 0 Å². The van der Waals surface area contributed by atoms with Gasteiger partial charge < -0.3 is 4.98 Å². The summed E-state index contributed by atoms with van der Waals surface area (Å²) < 4.78 is 0. The lowest BCUT2D eigenvalue weighted by Gasteiger charge is -2.10. The Labute approximate surface area is 68.6 Å². The zero-order chi connectivity index (χ0) is 8.55. The van der Waals surface area contributed by atoms with E-state index in [-0.39, 0.29) is 11.3 Å². The highest BCUT2D eigenvalue weighted by atomic mass is 16.1. The molecule has 1 N–H and O–H groups in total. The summed E-state index contributed by atoms with van der Waals surface area (Å²) in [7, 11) is 0. The van der Waals surface area contributed by atoms with Crippen LogP contribution in [0.15, 0.2) is 11.1 Å². The Kier molecular flexibility index (Phi) is 1.53. The van der Waals surface area contributed by atoms with Crippen molar-refractivity contribution in [1.82, 2.24) is 9.97 Å². The van der Waals surface area contributed by atoms with Gasteiger partial charge in [0.2, 0.25) is 0 Å². The number of ketones is 1. The topological polar surface area (TPSA) is 62.8 Å². The Morgan fingerprint density at radius 3 is 3.00 bits per heavy atom. The number of nitrogens with one attached hydrogen (secondary N) is 1. The Morgan fingerprint density at radius 1 is 1.33 bits per heavy atom. The van der Waals surface area contributed by atoms with Crippen LogP contribution in [0.25, 0.3) is 0 Å². The first-order valence-corrected chi connectivity index (χ1v) is 3.84. The van der Waals surface area contributed by atoms with Gasteiger partial charge in [0.15, 0.2) is 0 Å². The highest BCUT2D eigenvalue weighted by Gasteiger charge is 2.18. The second-order valence-corrected chi connectivity index (χ2v) is 2.87. The van der Waals surface area contributed by atoms with E-state index in [0.29, 0.717) is 30.5 Å². The second-order valence-electron chi connectivity index (χ2n) is 2.87. The van der Waals surface area contributed by atoms with Gasteiger partial charge in [-0.05, 0) is 6.42 Å². The van der Waals surface area contributed by atoms with Gasteiger partial charge in [-0.25, -0.2) is 4.98 Å². The van der Waals surface area contributed by atoms with Crippen molar-refractivity contribution in [3.8, 4) is 0 Å². The molecule has 62 valence electrons. The van der Waals surface area contributed by atoms with Gasteiger partial charge in [0.25, 0.3) is 5.56 Å². The molecule has 0 amide bonds. The summed E-state index contributed by atoms with van der Waals surface area (Å²) in [6, 6.07) is 0. The standard InChI is InChI=1S/C8H8N2O2/c11-5-1-2-6-7(3-5)9-4-10-8(6)12/h4H,1-3H2,(H,9,10,12). The van der Waals surface area contributed by atoms with Gasteiger partial charge in [0, 0.05) is 18.4 Å². The van der Waals surface area contributed by atoms with Crippen molar-refractivity contribution in [2.75, 3.05) is 0 Å². The molecule has 1 aliphatic rings. The Morgan fingerprint density at radius 2 is 2.17 bits per heavy atom. The van der Waals surface area contributed by atoms with Crippen LogP contribution in [0.3, 0.4) is 0 Å². The molecule has 0 spiro atoms. The van der Waals surface area contributed by atoms with Crippen molar-refractivity contribution in [3.05, 3.63) is 27.9 Å². The third-order valence-corrected chi connectivity index (χ3v) is 2.06. The first-order chi connectivity index (χ1) is 5.77. The van der Waals surface area contributed by atoms with E-state index < -0.39 is 0 Å². The van der Waals surface area contributed by atoms with Crippen molar-refractivity contribution >= 4 is 5.78 Å². The molecule has 0 bridgehead atoms. The SMILES string of the molecule is O=C1CCc2c(nc[nH]c2=O)C1. The zero-order valence-electron chi connectivity index (χ0n) is 6.46. The number of rotatable bonds is 0. The number of carbonyl (C=O) groups excluding carboxylic acids is 1. The van der Waals surface area contributed by atoms with E-state index in [1.165, 1.54) is 6.33 Å². The van der Waals surface area contributed by atoms with Crippen LogP contribution in [-0.2, 0) is 17.6 Å². The van der Waals surface area contributed by atoms with Gasteiger partial charge in [0.1, 0.15) is 5.78 Å². The fraction of sp³-hybridized carbons (Fsp3) is 0.375. The molecule has 12 heavy (non-hydrogen) atoms. The smallest absolute Gasteiger partial charge is 0.254 e. The predicted molar refractivity (Wildman–Crippen MR) is 41.9 cm³/mol. The van der Waals surface area contributed by atoms with E-state index in [9.17, 15) is 9.59 Å². The minimum absolute atomic E-state index is 0.104. The summed E-state index contributed by atoms with van der Waals surface area (Å²) >= 11 is 0. The van der Waals surface area contributed by atoms with E-state index in [0.717, 1.165) is 0 Å². The van der Waals surface area contributed by atoms with Crippen LogP contribution in [0, 0.1) is 0 Å². The monoisotopic (exact) mass is 164 g/mol. The molecule has 1 aromatic heterocycles. The summed E-state index contributed by atoms with van der Waals surface area (Å²) in [5.41, 5.74) is 1.22. The molecule has 0 saturated heterocycles. The fourth-order valence-corrected chi connectivity index (χ4v) is 1.41. The molecular weight excluding hydrogens is 156 g/mol. The summed E-state index contributed by atoms with van der Waals surface area (Å²) in [5.74, 6) is 0.167. The molecule has 1 aliphatic carbocycles. The minimum Gasteiger partial charge on any atom is -0.313 e. The number of aromatic amines is 1. The summed E-state index contributed by atoms with van der Waals surface area (Å²) in [6.45, 7) is 0. The number of carbonyl (C=O) groups is 1. The average molecular weight is 164 g/mol. The van der Waals surface area contributed by atoms with Crippen molar-refractivity contribution in [2.45, 2.75) is 19.3 Å². The lowest BCUT2D eigenvalue weighted by molar-refractivity contribution is -0.118. The van der Waals surface area contributed by atoms with Crippen molar-refractivity contribution < 1.29 is 4.79 Å².